The van der Waals surface area contributed by atoms with Gasteiger partial charge in [0.2, 0.25) is 5.91 Å². The first kappa shape index (κ1) is 19.6. The monoisotopic (exact) mass is 456 g/mol. The van der Waals surface area contributed by atoms with Gasteiger partial charge in [-0.1, -0.05) is 11.8 Å². The van der Waals surface area contributed by atoms with Crippen molar-refractivity contribution >= 4 is 52.6 Å². The summed E-state index contributed by atoms with van der Waals surface area (Å²) in [5.41, 5.74) is 0.471. The summed E-state index contributed by atoms with van der Waals surface area (Å²) in [4.78, 5) is 48.5. The average molecular weight is 456 g/mol. The highest BCUT2D eigenvalue weighted by Crippen LogP contribution is 2.41. The molecule has 0 aromatic carbocycles. The Morgan fingerprint density at radius 2 is 2.24 bits per heavy atom. The number of hydrogen-bond donors (Lipinski definition) is 3. The number of aromatic amines is 1. The molecule has 2 aromatic rings. The van der Waals surface area contributed by atoms with Gasteiger partial charge in [-0.05, 0) is 27.3 Å². The van der Waals surface area contributed by atoms with E-state index in [-0.39, 0.29) is 22.9 Å². The second-order valence-electron chi connectivity index (χ2n) is 5.89. The van der Waals surface area contributed by atoms with E-state index >= 15 is 0 Å². The Labute approximate surface area is 173 Å². The number of aromatic nitrogens is 6. The number of carboxylic acids is 1. The summed E-state index contributed by atoms with van der Waals surface area (Å²) >= 11 is 3.52. The lowest BCUT2D eigenvalue weighted by Crippen LogP contribution is -2.70. The minimum absolute atomic E-state index is 0.0832. The van der Waals surface area contributed by atoms with Gasteiger partial charge in [0, 0.05) is 11.5 Å². The fourth-order valence-corrected chi connectivity index (χ4v) is 5.94. The van der Waals surface area contributed by atoms with Crippen molar-refractivity contribution in [2.24, 2.45) is 0 Å². The van der Waals surface area contributed by atoms with Crippen LogP contribution in [-0.2, 0) is 20.9 Å². The zero-order valence-corrected chi connectivity index (χ0v) is 16.8. The molecule has 2 atom stereocenters. The Morgan fingerprint density at radius 3 is 2.90 bits per heavy atom. The Bertz CT molecular complexity index is 1050. The quantitative estimate of drug-likeness (QED) is 0.321. The van der Waals surface area contributed by atoms with Crippen LogP contribution in [0.4, 0.5) is 0 Å². The van der Waals surface area contributed by atoms with E-state index in [0.29, 0.717) is 15.7 Å². The molecule has 2 unspecified atom stereocenters. The molecule has 4 heterocycles. The second-order valence-corrected chi connectivity index (χ2v) is 9.18. The van der Waals surface area contributed by atoms with Crippen molar-refractivity contribution < 1.29 is 19.5 Å². The third-order valence-electron chi connectivity index (χ3n) is 4.05. The third-order valence-corrected chi connectivity index (χ3v) is 7.37. The molecule has 2 aromatic heterocycles. The van der Waals surface area contributed by atoms with Crippen molar-refractivity contribution in [3.05, 3.63) is 27.3 Å². The summed E-state index contributed by atoms with van der Waals surface area (Å²) < 4.78 is 1.70. The van der Waals surface area contributed by atoms with Gasteiger partial charge in [-0.15, -0.1) is 16.9 Å². The van der Waals surface area contributed by atoms with E-state index in [2.05, 4.69) is 31.0 Å². The molecule has 1 saturated heterocycles. The molecule has 29 heavy (non-hydrogen) atoms. The van der Waals surface area contributed by atoms with Crippen molar-refractivity contribution in [3.63, 3.8) is 0 Å². The van der Waals surface area contributed by atoms with Gasteiger partial charge in [0.15, 0.2) is 4.34 Å². The first-order valence-corrected chi connectivity index (χ1v) is 10.9. The lowest BCUT2D eigenvalue weighted by Gasteiger charge is -2.49. The fraction of sp³-hybridized carbons (Fsp3) is 0.385. The Balaban J connectivity index is 1.44. The molecule has 13 nitrogen and oxygen atoms in total. The van der Waals surface area contributed by atoms with Gasteiger partial charge in [-0.2, -0.15) is 5.10 Å². The topological polar surface area (TPSA) is 176 Å². The van der Waals surface area contributed by atoms with Gasteiger partial charge < -0.3 is 10.4 Å². The Morgan fingerprint density at radius 1 is 1.41 bits per heavy atom. The lowest BCUT2D eigenvalue weighted by molar-refractivity contribution is -0.150. The number of aliphatic carboxylic acids is 1. The minimum atomic E-state index is -1.21. The van der Waals surface area contributed by atoms with Gasteiger partial charge >= 0.3 is 10.8 Å². The molecule has 0 saturated carbocycles. The lowest BCUT2D eigenvalue weighted by atomic mass is 10.0. The number of β-lactam (4-membered cyclic amide) rings is 1. The van der Waals surface area contributed by atoms with E-state index < -0.39 is 29.2 Å². The number of hydrogen-bond acceptors (Lipinski definition) is 11. The van der Waals surface area contributed by atoms with Gasteiger partial charge in [0.05, 0.1) is 0 Å². The number of thioether (sulfide) groups is 2. The zero-order chi connectivity index (χ0) is 20.5. The molecule has 2 aliphatic rings. The SMILES string of the molecule is O=C(Cn1cnnn1)NC1C(=O)N2C(C(=O)O)=C(CSc3n[nH]c(=O)s3)CSC12. The molecule has 16 heteroatoms. The largest absolute Gasteiger partial charge is 0.477 e. The van der Waals surface area contributed by atoms with Crippen molar-refractivity contribution in [2.45, 2.75) is 22.3 Å². The number of fused-ring (bicyclic) bond motifs is 1. The average Bonchev–Trinajstić information content (AvgIpc) is 3.35. The number of carboxylic acid groups (broad SMARTS) is 1. The van der Waals surface area contributed by atoms with E-state index in [0.717, 1.165) is 11.3 Å². The maximum absolute atomic E-state index is 12.6. The van der Waals surface area contributed by atoms with Gasteiger partial charge in [0.1, 0.15) is 30.0 Å². The van der Waals surface area contributed by atoms with E-state index in [1.165, 1.54) is 39.4 Å². The highest BCUT2D eigenvalue weighted by Gasteiger charge is 2.54. The van der Waals surface area contributed by atoms with E-state index in [9.17, 15) is 24.3 Å². The van der Waals surface area contributed by atoms with Gasteiger partial charge in [-0.25, -0.2) is 14.6 Å². The summed E-state index contributed by atoms with van der Waals surface area (Å²) in [6.07, 6.45) is 1.27. The van der Waals surface area contributed by atoms with Crippen molar-refractivity contribution in [1.29, 1.82) is 0 Å². The Kier molecular flexibility index (Phi) is 5.37. The molecule has 4 rings (SSSR count). The number of carbonyl (C=O) groups excluding carboxylic acids is 2. The predicted octanol–water partition coefficient (Wildman–Crippen LogP) is -1.65. The van der Waals surface area contributed by atoms with Gasteiger partial charge in [-0.3, -0.25) is 19.3 Å². The molecular weight excluding hydrogens is 444 g/mol. The van der Waals surface area contributed by atoms with Crippen LogP contribution >= 0.6 is 34.9 Å². The van der Waals surface area contributed by atoms with Crippen molar-refractivity contribution in [1.82, 2.24) is 40.6 Å². The first-order valence-electron chi connectivity index (χ1n) is 8.02. The van der Waals surface area contributed by atoms with Crippen LogP contribution in [0.15, 0.2) is 26.7 Å². The summed E-state index contributed by atoms with van der Waals surface area (Å²) in [5, 5.41) is 28.3. The van der Waals surface area contributed by atoms with Crippen LogP contribution in [0.2, 0.25) is 0 Å². The van der Waals surface area contributed by atoms with Crippen LogP contribution in [0, 0.1) is 0 Å². The summed E-state index contributed by atoms with van der Waals surface area (Å²) in [6.45, 7) is -0.149. The van der Waals surface area contributed by atoms with Crippen LogP contribution in [0.25, 0.3) is 0 Å². The summed E-state index contributed by atoms with van der Waals surface area (Å²) in [6, 6.07) is -0.816. The van der Waals surface area contributed by atoms with Crippen molar-refractivity contribution in [3.8, 4) is 0 Å². The molecule has 152 valence electrons. The molecular formula is C13H12N8O5S3. The number of H-pyrrole nitrogens is 1. The zero-order valence-electron chi connectivity index (χ0n) is 14.3. The number of rotatable bonds is 7. The second kappa shape index (κ2) is 7.96. The van der Waals surface area contributed by atoms with Crippen LogP contribution in [-0.4, -0.2) is 81.1 Å². The Hall–Kier alpha value is -2.72. The number of nitrogens with one attached hydrogen (secondary N) is 2. The molecule has 2 aliphatic heterocycles. The standard InChI is InChI=1S/C13H12N8O5S3/c22-6(1-20-4-14-18-19-20)15-7-9(23)21-8(11(24)25)5(2-27-10(7)21)3-28-13-17-16-12(26)29-13/h4,7,10H,1-3H2,(H,15,22)(H,16,26)(H,24,25). The van der Waals surface area contributed by atoms with Gasteiger partial charge in [0.25, 0.3) is 5.91 Å². The smallest absolute Gasteiger partial charge is 0.352 e. The first-order chi connectivity index (χ1) is 13.9. The molecule has 0 bridgehead atoms. The van der Waals surface area contributed by atoms with E-state index in [1.54, 1.807) is 0 Å². The van der Waals surface area contributed by atoms with E-state index in [4.69, 9.17) is 0 Å². The molecule has 0 spiro atoms. The van der Waals surface area contributed by atoms with Crippen LogP contribution in [0.1, 0.15) is 0 Å². The highest BCUT2D eigenvalue weighted by molar-refractivity contribution is 8.01. The summed E-state index contributed by atoms with van der Waals surface area (Å²) in [5.74, 6) is -1.50. The van der Waals surface area contributed by atoms with Crippen LogP contribution in [0.3, 0.4) is 0 Å². The number of nitrogens with zero attached hydrogens (tertiary/aromatic N) is 6. The number of carbonyl (C=O) groups is 3. The predicted molar refractivity (Wildman–Crippen MR) is 101 cm³/mol. The molecule has 0 radical (unpaired) electrons. The van der Waals surface area contributed by atoms with Crippen LogP contribution < -0.4 is 10.2 Å². The minimum Gasteiger partial charge on any atom is -0.477 e. The highest BCUT2D eigenvalue weighted by atomic mass is 32.2. The maximum atomic E-state index is 12.6. The number of tetrazole rings is 1. The fourth-order valence-electron chi connectivity index (χ4n) is 2.84. The van der Waals surface area contributed by atoms with Crippen LogP contribution in [0.5, 0.6) is 0 Å². The third kappa shape index (κ3) is 3.90. The summed E-state index contributed by atoms with van der Waals surface area (Å²) in [7, 11) is 0. The number of amides is 2. The maximum Gasteiger partial charge on any atom is 0.352 e. The molecule has 1 fully saturated rings. The normalized spacial score (nSPS) is 21.0. The molecule has 2 amide bonds. The van der Waals surface area contributed by atoms with E-state index in [1.807, 2.05) is 0 Å². The van der Waals surface area contributed by atoms with Crippen molar-refractivity contribution in [2.75, 3.05) is 11.5 Å². The molecule has 3 N–H and O–H groups in total. The molecule has 0 aliphatic carbocycles.